The lowest BCUT2D eigenvalue weighted by atomic mass is 10.0. The quantitative estimate of drug-likeness (QED) is 0.473. The van der Waals surface area contributed by atoms with Gasteiger partial charge in [0.2, 0.25) is 20.0 Å². The van der Waals surface area contributed by atoms with E-state index in [4.69, 9.17) is 0 Å². The third-order valence-corrected chi connectivity index (χ3v) is 8.27. The molecule has 1 aliphatic carbocycles. The number of hydrogen-bond donors (Lipinski definition) is 2. The Hall–Kier alpha value is -2.59. The fourth-order valence-electron chi connectivity index (χ4n) is 3.35. The molecule has 3 aromatic rings. The van der Waals surface area contributed by atoms with Crippen LogP contribution < -0.4 is 9.44 Å². The van der Waals surface area contributed by atoms with Crippen molar-refractivity contribution >= 4 is 20.0 Å². The van der Waals surface area contributed by atoms with E-state index in [1.54, 1.807) is 18.3 Å². The maximum Gasteiger partial charge on any atom is 0.241 e. The third-order valence-electron chi connectivity index (χ3n) is 5.25. The SMILES string of the molecule is O=S(=O)(NC1CC1)c1ccc(S(=O)(=O)NC(CCc2ccccc2)c2ccccn2)cc1. The summed E-state index contributed by atoms with van der Waals surface area (Å²) in [5.41, 5.74) is 1.73. The minimum absolute atomic E-state index is 0.00325. The van der Waals surface area contributed by atoms with E-state index in [9.17, 15) is 16.8 Å². The predicted octanol–water partition coefficient (Wildman–Crippen LogP) is 3.17. The van der Waals surface area contributed by atoms with Crippen LogP contribution in [0, 0.1) is 0 Å². The molecular weight excluding hydrogens is 446 g/mol. The molecule has 0 bridgehead atoms. The molecular formula is C23H25N3O4S2. The molecule has 1 saturated carbocycles. The monoisotopic (exact) mass is 471 g/mol. The maximum absolute atomic E-state index is 13.1. The molecule has 2 aromatic carbocycles. The summed E-state index contributed by atoms with van der Waals surface area (Å²) in [7, 11) is -7.53. The maximum atomic E-state index is 13.1. The van der Waals surface area contributed by atoms with E-state index in [0.29, 0.717) is 18.5 Å². The second-order valence-corrected chi connectivity index (χ2v) is 11.2. The van der Waals surface area contributed by atoms with Gasteiger partial charge in [-0.05, 0) is 67.6 Å². The third kappa shape index (κ3) is 5.80. The van der Waals surface area contributed by atoms with Gasteiger partial charge in [0.05, 0.1) is 21.5 Å². The normalized spacial score (nSPS) is 15.4. The smallest absolute Gasteiger partial charge is 0.241 e. The molecule has 2 N–H and O–H groups in total. The Labute approximate surface area is 189 Å². The second-order valence-electron chi connectivity index (χ2n) is 7.82. The van der Waals surface area contributed by atoms with Crippen molar-refractivity contribution in [3.8, 4) is 0 Å². The van der Waals surface area contributed by atoms with Crippen molar-refractivity contribution in [3.63, 3.8) is 0 Å². The van der Waals surface area contributed by atoms with Crippen molar-refractivity contribution in [1.29, 1.82) is 0 Å². The number of nitrogens with one attached hydrogen (secondary N) is 2. The molecule has 1 fully saturated rings. The highest BCUT2D eigenvalue weighted by molar-refractivity contribution is 7.90. The molecule has 4 rings (SSSR count). The number of rotatable bonds is 10. The van der Waals surface area contributed by atoms with Crippen LogP contribution in [0.5, 0.6) is 0 Å². The lowest BCUT2D eigenvalue weighted by Crippen LogP contribution is -2.30. The Balaban J connectivity index is 1.52. The molecule has 1 aliphatic rings. The fourth-order valence-corrected chi connectivity index (χ4v) is 5.90. The van der Waals surface area contributed by atoms with Crippen LogP contribution in [0.3, 0.4) is 0 Å². The zero-order valence-electron chi connectivity index (χ0n) is 17.4. The highest BCUT2D eigenvalue weighted by Crippen LogP contribution is 2.24. The zero-order valence-corrected chi connectivity index (χ0v) is 19.0. The van der Waals surface area contributed by atoms with E-state index < -0.39 is 26.1 Å². The molecule has 32 heavy (non-hydrogen) atoms. The molecule has 0 radical (unpaired) electrons. The number of aromatic nitrogens is 1. The first kappa shape index (κ1) is 22.6. The number of hydrogen-bond acceptors (Lipinski definition) is 5. The number of benzene rings is 2. The number of nitrogens with zero attached hydrogens (tertiary/aromatic N) is 1. The fraction of sp³-hybridized carbons (Fsp3) is 0.261. The molecule has 1 unspecified atom stereocenters. The molecule has 0 spiro atoms. The number of sulfonamides is 2. The first-order valence-corrected chi connectivity index (χ1v) is 13.4. The summed E-state index contributed by atoms with van der Waals surface area (Å²) in [4.78, 5) is 4.39. The Bertz CT molecular complexity index is 1240. The van der Waals surface area contributed by atoms with Gasteiger partial charge in [-0.15, -0.1) is 0 Å². The largest absolute Gasteiger partial charge is 0.260 e. The Morgan fingerprint density at radius 3 is 2.03 bits per heavy atom. The van der Waals surface area contributed by atoms with Crippen LogP contribution in [0.2, 0.25) is 0 Å². The summed E-state index contributed by atoms with van der Waals surface area (Å²) >= 11 is 0. The van der Waals surface area contributed by atoms with E-state index in [-0.39, 0.29) is 15.8 Å². The predicted molar refractivity (Wildman–Crippen MR) is 122 cm³/mol. The van der Waals surface area contributed by atoms with Gasteiger partial charge in [-0.2, -0.15) is 0 Å². The lowest BCUT2D eigenvalue weighted by molar-refractivity contribution is 0.532. The van der Waals surface area contributed by atoms with Crippen molar-refractivity contribution in [1.82, 2.24) is 14.4 Å². The van der Waals surface area contributed by atoms with Crippen molar-refractivity contribution in [2.24, 2.45) is 0 Å². The van der Waals surface area contributed by atoms with Crippen molar-refractivity contribution in [2.75, 3.05) is 0 Å². The average Bonchev–Trinajstić information content (AvgIpc) is 3.61. The minimum Gasteiger partial charge on any atom is -0.260 e. The summed E-state index contributed by atoms with van der Waals surface area (Å²) < 4.78 is 56.2. The van der Waals surface area contributed by atoms with Gasteiger partial charge in [0, 0.05) is 12.2 Å². The van der Waals surface area contributed by atoms with Gasteiger partial charge in [-0.1, -0.05) is 36.4 Å². The van der Waals surface area contributed by atoms with E-state index in [1.165, 1.54) is 24.3 Å². The van der Waals surface area contributed by atoms with Gasteiger partial charge in [-0.25, -0.2) is 26.3 Å². The Kier molecular flexibility index (Phi) is 6.71. The van der Waals surface area contributed by atoms with Gasteiger partial charge in [-0.3, -0.25) is 4.98 Å². The van der Waals surface area contributed by atoms with Crippen LogP contribution in [0.25, 0.3) is 0 Å². The van der Waals surface area contributed by atoms with Crippen LogP contribution >= 0.6 is 0 Å². The summed E-state index contributed by atoms with van der Waals surface area (Å²) in [6.45, 7) is 0. The highest BCUT2D eigenvalue weighted by atomic mass is 32.2. The Morgan fingerprint density at radius 2 is 1.44 bits per heavy atom. The topological polar surface area (TPSA) is 105 Å². The molecule has 0 aliphatic heterocycles. The summed E-state index contributed by atoms with van der Waals surface area (Å²) in [6.07, 6.45) is 4.49. The number of pyridine rings is 1. The molecule has 1 heterocycles. The van der Waals surface area contributed by atoms with E-state index in [0.717, 1.165) is 18.4 Å². The lowest BCUT2D eigenvalue weighted by Gasteiger charge is -2.19. The van der Waals surface area contributed by atoms with Crippen LogP contribution in [-0.2, 0) is 26.5 Å². The van der Waals surface area contributed by atoms with Crippen LogP contribution in [0.1, 0.15) is 36.6 Å². The van der Waals surface area contributed by atoms with Crippen LogP contribution in [0.15, 0.2) is 88.8 Å². The second kappa shape index (κ2) is 9.50. The van der Waals surface area contributed by atoms with Gasteiger partial charge in [0.15, 0.2) is 0 Å². The molecule has 0 amide bonds. The van der Waals surface area contributed by atoms with Gasteiger partial charge >= 0.3 is 0 Å². The molecule has 9 heteroatoms. The summed E-state index contributed by atoms with van der Waals surface area (Å²) in [5, 5.41) is 0. The van der Waals surface area contributed by atoms with Crippen LogP contribution in [-0.4, -0.2) is 27.9 Å². The van der Waals surface area contributed by atoms with E-state index in [1.807, 2.05) is 36.4 Å². The number of aryl methyl sites for hydroxylation is 1. The highest BCUT2D eigenvalue weighted by Gasteiger charge is 2.28. The van der Waals surface area contributed by atoms with E-state index >= 15 is 0 Å². The molecule has 168 valence electrons. The van der Waals surface area contributed by atoms with Crippen LogP contribution in [0.4, 0.5) is 0 Å². The molecule has 7 nitrogen and oxygen atoms in total. The summed E-state index contributed by atoms with van der Waals surface area (Å²) in [6, 6.07) is 19.9. The van der Waals surface area contributed by atoms with Gasteiger partial charge in [0.1, 0.15) is 0 Å². The standard InChI is InChI=1S/C23H25N3O4S2/c27-31(28,25-19-10-11-19)20-12-14-21(15-13-20)32(29,30)26-23(22-8-4-5-17-24-22)16-9-18-6-2-1-3-7-18/h1-8,12-15,17,19,23,25-26H,9-11,16H2. The summed E-state index contributed by atoms with van der Waals surface area (Å²) in [5.74, 6) is 0. The van der Waals surface area contributed by atoms with Crippen molar-refractivity contribution < 1.29 is 16.8 Å². The average molecular weight is 472 g/mol. The Morgan fingerprint density at radius 1 is 0.812 bits per heavy atom. The van der Waals surface area contributed by atoms with E-state index in [2.05, 4.69) is 14.4 Å². The minimum atomic E-state index is -3.89. The van der Waals surface area contributed by atoms with Crippen molar-refractivity contribution in [3.05, 3.63) is 90.3 Å². The van der Waals surface area contributed by atoms with Gasteiger partial charge in [0.25, 0.3) is 0 Å². The molecule has 1 atom stereocenters. The molecule has 1 aromatic heterocycles. The first-order chi connectivity index (χ1) is 15.3. The van der Waals surface area contributed by atoms with Gasteiger partial charge < -0.3 is 0 Å². The zero-order chi connectivity index (χ0) is 22.6. The van der Waals surface area contributed by atoms with Crippen molar-refractivity contribution in [2.45, 2.75) is 47.6 Å². The molecule has 0 saturated heterocycles. The first-order valence-electron chi connectivity index (χ1n) is 10.4.